The van der Waals surface area contributed by atoms with Gasteiger partial charge in [0.05, 0.1) is 0 Å². The van der Waals surface area contributed by atoms with Gasteiger partial charge in [0.25, 0.3) is 0 Å². The van der Waals surface area contributed by atoms with Gasteiger partial charge in [-0.25, -0.2) is 0 Å². The van der Waals surface area contributed by atoms with Gasteiger partial charge in [0.1, 0.15) is 18.5 Å². The molecular weight excluding hydrogens is 282 g/mol. The summed E-state index contributed by atoms with van der Waals surface area (Å²) in [5, 5.41) is 14.0. The number of aryl methyl sites for hydroxylation is 1. The lowest BCUT2D eigenvalue weighted by Gasteiger charge is -2.22. The predicted molar refractivity (Wildman–Crippen MR) is 90.3 cm³/mol. The Labute approximate surface area is 132 Å². The molecule has 2 rings (SSSR count). The topological polar surface area (TPSA) is 41.5 Å². The zero-order valence-electron chi connectivity index (χ0n) is 12.9. The van der Waals surface area contributed by atoms with Gasteiger partial charge in [-0.05, 0) is 42.7 Å². The van der Waals surface area contributed by atoms with E-state index in [-0.39, 0.29) is 0 Å². The quantitative estimate of drug-likeness (QED) is 0.775. The summed E-state index contributed by atoms with van der Waals surface area (Å²) in [6, 6.07) is 8.08. The Morgan fingerprint density at radius 1 is 1.33 bits per heavy atom. The van der Waals surface area contributed by atoms with E-state index < -0.39 is 6.10 Å². The van der Waals surface area contributed by atoms with Crippen LogP contribution in [0.25, 0.3) is 0 Å². The molecule has 0 radical (unpaired) electrons. The van der Waals surface area contributed by atoms with Crippen molar-refractivity contribution in [1.82, 2.24) is 5.32 Å². The highest BCUT2D eigenvalue weighted by Gasteiger charge is 2.14. The van der Waals surface area contributed by atoms with Crippen molar-refractivity contribution in [3.63, 3.8) is 0 Å². The van der Waals surface area contributed by atoms with Crippen molar-refractivity contribution in [3.8, 4) is 5.75 Å². The molecule has 4 heteroatoms. The third kappa shape index (κ3) is 6.29. The predicted octanol–water partition coefficient (Wildman–Crippen LogP) is 2.86. The minimum atomic E-state index is -0.454. The number of thioether (sulfide) groups is 1. The van der Waals surface area contributed by atoms with Crippen LogP contribution in [0.1, 0.15) is 31.7 Å². The molecule has 1 aromatic rings. The van der Waals surface area contributed by atoms with Gasteiger partial charge in [-0.1, -0.05) is 25.5 Å². The number of rotatable bonds is 8. The SMILES string of the molecule is CCc1ccc(OCC(O)CNCC2CCCCS2)cc1. The van der Waals surface area contributed by atoms with Gasteiger partial charge in [0, 0.05) is 18.3 Å². The van der Waals surface area contributed by atoms with Crippen LogP contribution in [-0.2, 0) is 6.42 Å². The summed E-state index contributed by atoms with van der Waals surface area (Å²) in [5.74, 6) is 2.11. The third-order valence-corrected chi connectivity index (χ3v) is 5.20. The first-order valence-electron chi connectivity index (χ1n) is 8.00. The molecule has 118 valence electrons. The molecule has 2 unspecified atom stereocenters. The molecule has 1 aliphatic rings. The molecular formula is C17H27NO2S. The monoisotopic (exact) mass is 309 g/mol. The Hall–Kier alpha value is -0.710. The second-order valence-corrected chi connectivity index (χ2v) is 7.02. The Morgan fingerprint density at radius 2 is 2.14 bits per heavy atom. The van der Waals surface area contributed by atoms with Crippen LogP contribution >= 0.6 is 11.8 Å². The van der Waals surface area contributed by atoms with E-state index in [1.165, 1.54) is 30.6 Å². The van der Waals surface area contributed by atoms with Crippen LogP contribution in [0.15, 0.2) is 24.3 Å². The summed E-state index contributed by atoms with van der Waals surface area (Å²) < 4.78 is 5.61. The molecule has 2 atom stereocenters. The highest BCUT2D eigenvalue weighted by Crippen LogP contribution is 2.24. The first-order valence-corrected chi connectivity index (χ1v) is 9.05. The van der Waals surface area contributed by atoms with Crippen molar-refractivity contribution < 1.29 is 9.84 Å². The lowest BCUT2D eigenvalue weighted by Crippen LogP contribution is -2.35. The Bertz CT molecular complexity index is 390. The van der Waals surface area contributed by atoms with Crippen molar-refractivity contribution in [3.05, 3.63) is 29.8 Å². The van der Waals surface area contributed by atoms with E-state index in [1.807, 2.05) is 12.1 Å². The summed E-state index contributed by atoms with van der Waals surface area (Å²) in [6.45, 7) is 4.07. The van der Waals surface area contributed by atoms with Crippen LogP contribution in [0.2, 0.25) is 0 Å². The molecule has 2 N–H and O–H groups in total. The molecule has 0 amide bonds. The maximum Gasteiger partial charge on any atom is 0.119 e. The van der Waals surface area contributed by atoms with Gasteiger partial charge in [-0.3, -0.25) is 0 Å². The molecule has 1 heterocycles. The summed E-state index contributed by atoms with van der Waals surface area (Å²) in [4.78, 5) is 0. The van der Waals surface area contributed by atoms with Gasteiger partial charge in [0.15, 0.2) is 0 Å². The van der Waals surface area contributed by atoms with Crippen LogP contribution in [0.3, 0.4) is 0 Å². The number of hydrogen-bond acceptors (Lipinski definition) is 4. The van der Waals surface area contributed by atoms with Crippen LogP contribution in [-0.4, -0.2) is 41.9 Å². The number of aliphatic hydroxyl groups is 1. The minimum Gasteiger partial charge on any atom is -0.491 e. The second-order valence-electron chi connectivity index (χ2n) is 5.61. The van der Waals surface area contributed by atoms with Crippen molar-refractivity contribution in [2.75, 3.05) is 25.4 Å². The summed E-state index contributed by atoms with van der Waals surface area (Å²) in [6.07, 6.45) is 4.58. The average molecular weight is 309 g/mol. The molecule has 0 aromatic heterocycles. The van der Waals surface area contributed by atoms with Crippen molar-refractivity contribution >= 4 is 11.8 Å². The van der Waals surface area contributed by atoms with E-state index >= 15 is 0 Å². The number of benzene rings is 1. The van der Waals surface area contributed by atoms with Gasteiger partial charge in [0.2, 0.25) is 0 Å². The Morgan fingerprint density at radius 3 is 2.81 bits per heavy atom. The maximum atomic E-state index is 9.95. The van der Waals surface area contributed by atoms with Gasteiger partial charge in [-0.15, -0.1) is 0 Å². The highest BCUT2D eigenvalue weighted by atomic mass is 32.2. The first kappa shape index (κ1) is 16.7. The van der Waals surface area contributed by atoms with Crippen molar-refractivity contribution in [1.29, 1.82) is 0 Å². The zero-order valence-corrected chi connectivity index (χ0v) is 13.7. The number of ether oxygens (including phenoxy) is 1. The number of aliphatic hydroxyl groups excluding tert-OH is 1. The van der Waals surface area contributed by atoms with Gasteiger partial charge >= 0.3 is 0 Å². The number of nitrogens with one attached hydrogen (secondary N) is 1. The number of hydrogen-bond donors (Lipinski definition) is 2. The standard InChI is InChI=1S/C17H27NO2S/c1-2-14-6-8-16(9-7-14)20-13-15(19)11-18-12-17-5-3-4-10-21-17/h6-9,15,17-19H,2-5,10-13H2,1H3. The van der Waals surface area contributed by atoms with Crippen molar-refractivity contribution in [2.24, 2.45) is 0 Å². The fraction of sp³-hybridized carbons (Fsp3) is 0.647. The smallest absolute Gasteiger partial charge is 0.119 e. The molecule has 0 bridgehead atoms. The molecule has 1 fully saturated rings. The molecule has 0 aliphatic carbocycles. The molecule has 3 nitrogen and oxygen atoms in total. The Balaban J connectivity index is 1.59. The average Bonchev–Trinajstić information content (AvgIpc) is 2.54. The fourth-order valence-corrected chi connectivity index (χ4v) is 3.73. The third-order valence-electron chi connectivity index (χ3n) is 3.80. The lowest BCUT2D eigenvalue weighted by molar-refractivity contribution is 0.106. The fourth-order valence-electron chi connectivity index (χ4n) is 2.45. The van der Waals surface area contributed by atoms with Gasteiger partial charge < -0.3 is 15.2 Å². The summed E-state index contributed by atoms with van der Waals surface area (Å²) in [7, 11) is 0. The summed E-state index contributed by atoms with van der Waals surface area (Å²) >= 11 is 2.05. The van der Waals surface area contributed by atoms with Crippen LogP contribution in [0, 0.1) is 0 Å². The van der Waals surface area contributed by atoms with Crippen LogP contribution in [0.5, 0.6) is 5.75 Å². The zero-order chi connectivity index (χ0) is 14.9. The molecule has 1 saturated heterocycles. The largest absolute Gasteiger partial charge is 0.491 e. The molecule has 1 aromatic carbocycles. The lowest BCUT2D eigenvalue weighted by atomic mass is 10.2. The highest BCUT2D eigenvalue weighted by molar-refractivity contribution is 7.99. The molecule has 21 heavy (non-hydrogen) atoms. The van der Waals surface area contributed by atoms with E-state index in [1.54, 1.807) is 0 Å². The summed E-state index contributed by atoms with van der Waals surface area (Å²) in [5.41, 5.74) is 1.30. The normalized spacial score (nSPS) is 20.2. The maximum absolute atomic E-state index is 9.95. The second kappa shape index (κ2) is 9.34. The molecule has 0 spiro atoms. The minimum absolute atomic E-state index is 0.344. The van der Waals surface area contributed by atoms with E-state index in [0.29, 0.717) is 18.4 Å². The van der Waals surface area contributed by atoms with Crippen LogP contribution in [0.4, 0.5) is 0 Å². The van der Waals surface area contributed by atoms with E-state index in [9.17, 15) is 5.11 Å². The Kier molecular flexibility index (Phi) is 7.41. The first-order chi connectivity index (χ1) is 10.3. The van der Waals surface area contributed by atoms with Gasteiger partial charge in [-0.2, -0.15) is 11.8 Å². The molecule has 0 saturated carbocycles. The van der Waals surface area contributed by atoms with E-state index in [2.05, 4.69) is 36.1 Å². The van der Waals surface area contributed by atoms with Crippen molar-refractivity contribution in [2.45, 2.75) is 44.0 Å². The van der Waals surface area contributed by atoms with E-state index in [4.69, 9.17) is 4.74 Å². The van der Waals surface area contributed by atoms with Crippen LogP contribution < -0.4 is 10.1 Å². The molecule has 1 aliphatic heterocycles. The van der Waals surface area contributed by atoms with E-state index in [0.717, 1.165) is 18.7 Å².